The number of benzene rings is 1. The molecular weight excluding hydrogens is 247 g/mol. The highest BCUT2D eigenvalue weighted by Gasteiger charge is 2.36. The Bertz CT molecular complexity index is 471. The summed E-state index contributed by atoms with van der Waals surface area (Å²) in [6, 6.07) is 2.39. The molecule has 17 heavy (non-hydrogen) atoms. The molecule has 0 bridgehead atoms. The van der Waals surface area contributed by atoms with Gasteiger partial charge in [-0.3, -0.25) is 10.1 Å². The third kappa shape index (κ3) is 3.06. The number of para-hydroxylation sites is 1. The zero-order valence-electron chi connectivity index (χ0n) is 7.89. The molecule has 0 aliphatic carbocycles. The van der Waals surface area contributed by atoms with Gasteiger partial charge >= 0.3 is 18.0 Å². The van der Waals surface area contributed by atoms with Gasteiger partial charge in [0.25, 0.3) is 0 Å². The van der Waals surface area contributed by atoms with Crippen LogP contribution in [0.3, 0.4) is 0 Å². The summed E-state index contributed by atoms with van der Waals surface area (Å²) in [5, 5.41) is 19.1. The maximum atomic E-state index is 11.9. The van der Waals surface area contributed by atoms with E-state index in [4.69, 9.17) is 5.11 Å². The van der Waals surface area contributed by atoms with Crippen molar-refractivity contribution in [1.82, 2.24) is 0 Å². The molecule has 1 aromatic rings. The van der Waals surface area contributed by atoms with E-state index in [1.54, 1.807) is 0 Å². The molecule has 1 aromatic carbocycles. The monoisotopic (exact) mass is 251 g/mol. The van der Waals surface area contributed by atoms with Crippen LogP contribution in [0.2, 0.25) is 0 Å². The smallest absolute Gasteiger partial charge is 0.477 e. The number of carbonyl (C=O) groups is 1. The maximum absolute atomic E-state index is 11.9. The number of carboxylic acids is 1. The fourth-order valence-electron chi connectivity index (χ4n) is 1.09. The molecule has 0 aliphatic rings. The molecular formula is C8H4F3NO5. The number of carboxylic acid groups (broad SMARTS) is 1. The van der Waals surface area contributed by atoms with Gasteiger partial charge in [-0.1, -0.05) is 6.07 Å². The van der Waals surface area contributed by atoms with E-state index in [0.717, 1.165) is 12.1 Å². The number of alkyl halides is 3. The molecule has 9 heteroatoms. The van der Waals surface area contributed by atoms with Crippen LogP contribution in [-0.2, 0) is 0 Å². The number of ether oxygens (including phenoxy) is 1. The molecule has 0 aliphatic heterocycles. The molecule has 0 saturated carbocycles. The lowest BCUT2D eigenvalue weighted by Gasteiger charge is -2.09. The highest BCUT2D eigenvalue weighted by atomic mass is 19.4. The van der Waals surface area contributed by atoms with E-state index >= 15 is 0 Å². The van der Waals surface area contributed by atoms with Crippen molar-refractivity contribution < 1.29 is 32.7 Å². The predicted octanol–water partition coefficient (Wildman–Crippen LogP) is 2.19. The first-order chi connectivity index (χ1) is 7.72. The van der Waals surface area contributed by atoms with Crippen molar-refractivity contribution in [3.8, 4) is 5.75 Å². The average Bonchev–Trinajstić information content (AvgIpc) is 2.14. The lowest BCUT2D eigenvalue weighted by atomic mass is 10.1. The van der Waals surface area contributed by atoms with Crippen molar-refractivity contribution in [1.29, 1.82) is 0 Å². The number of aromatic carboxylic acids is 1. The Labute approximate surface area is 91.4 Å². The van der Waals surface area contributed by atoms with E-state index in [2.05, 4.69) is 4.74 Å². The number of halogens is 3. The Morgan fingerprint density at radius 2 is 2.00 bits per heavy atom. The van der Waals surface area contributed by atoms with Crippen molar-refractivity contribution in [2.45, 2.75) is 6.36 Å². The Kier molecular flexibility index (Phi) is 3.21. The van der Waals surface area contributed by atoms with Crippen LogP contribution in [0.1, 0.15) is 10.4 Å². The van der Waals surface area contributed by atoms with Crippen molar-refractivity contribution in [3.05, 3.63) is 33.9 Å². The van der Waals surface area contributed by atoms with Crippen LogP contribution < -0.4 is 4.74 Å². The Morgan fingerprint density at radius 3 is 2.41 bits per heavy atom. The van der Waals surface area contributed by atoms with Gasteiger partial charge in [-0.25, -0.2) is 4.79 Å². The van der Waals surface area contributed by atoms with Gasteiger partial charge in [0, 0.05) is 0 Å². The van der Waals surface area contributed by atoms with Crippen LogP contribution in [0, 0.1) is 10.1 Å². The van der Waals surface area contributed by atoms with Gasteiger partial charge in [-0.2, -0.15) is 0 Å². The summed E-state index contributed by atoms with van der Waals surface area (Å²) in [7, 11) is 0. The lowest BCUT2D eigenvalue weighted by Crippen LogP contribution is -2.18. The van der Waals surface area contributed by atoms with E-state index in [0.29, 0.717) is 6.07 Å². The Balaban J connectivity index is 3.35. The summed E-state index contributed by atoms with van der Waals surface area (Å²) < 4.78 is 39.2. The second-order valence-electron chi connectivity index (χ2n) is 2.76. The van der Waals surface area contributed by atoms with Crippen LogP contribution >= 0.6 is 0 Å². The van der Waals surface area contributed by atoms with Crippen LogP contribution in [-0.4, -0.2) is 22.4 Å². The van der Waals surface area contributed by atoms with Crippen LogP contribution in [0.15, 0.2) is 18.2 Å². The number of nitro benzene ring substituents is 1. The first kappa shape index (κ1) is 12.7. The van der Waals surface area contributed by atoms with Crippen molar-refractivity contribution in [2.75, 3.05) is 0 Å². The molecule has 0 amide bonds. The molecule has 0 spiro atoms. The van der Waals surface area contributed by atoms with E-state index in [9.17, 15) is 28.1 Å². The molecule has 6 nitrogen and oxygen atoms in total. The SMILES string of the molecule is O=C(O)c1cccc(OC(F)(F)F)c1[N+](=O)[O-]. The minimum absolute atomic E-state index is 0.665. The van der Waals surface area contributed by atoms with Gasteiger partial charge < -0.3 is 9.84 Å². The second-order valence-corrected chi connectivity index (χ2v) is 2.76. The number of nitro groups is 1. The molecule has 0 atom stereocenters. The fraction of sp³-hybridized carbons (Fsp3) is 0.125. The number of rotatable bonds is 3. The van der Waals surface area contributed by atoms with Crippen molar-refractivity contribution >= 4 is 11.7 Å². The van der Waals surface area contributed by atoms with E-state index in [1.807, 2.05) is 0 Å². The molecule has 1 rings (SSSR count). The Morgan fingerprint density at radius 1 is 1.41 bits per heavy atom. The number of hydrogen-bond acceptors (Lipinski definition) is 4. The molecule has 0 aromatic heterocycles. The van der Waals surface area contributed by atoms with E-state index in [-0.39, 0.29) is 0 Å². The van der Waals surface area contributed by atoms with E-state index < -0.39 is 34.3 Å². The predicted molar refractivity (Wildman–Crippen MR) is 46.7 cm³/mol. The zero-order chi connectivity index (χ0) is 13.2. The number of hydrogen-bond donors (Lipinski definition) is 1. The summed E-state index contributed by atoms with van der Waals surface area (Å²) in [6.07, 6.45) is -5.14. The van der Waals surface area contributed by atoms with Crippen LogP contribution in [0.5, 0.6) is 5.75 Å². The first-order valence-electron chi connectivity index (χ1n) is 3.99. The molecule has 92 valence electrons. The van der Waals surface area contributed by atoms with Crippen LogP contribution in [0.25, 0.3) is 0 Å². The molecule has 0 unspecified atom stereocenters. The minimum Gasteiger partial charge on any atom is -0.477 e. The molecule has 0 saturated heterocycles. The summed E-state index contributed by atoms with van der Waals surface area (Å²) in [5.74, 6) is -2.88. The maximum Gasteiger partial charge on any atom is 0.573 e. The van der Waals surface area contributed by atoms with Gasteiger partial charge in [0.15, 0.2) is 0 Å². The standard InChI is InChI=1S/C8H4F3NO5/c9-8(10,11)17-5-3-1-2-4(7(13)14)6(5)12(15)16/h1-3H,(H,13,14). The summed E-state index contributed by atoms with van der Waals surface area (Å²) in [6.45, 7) is 0. The quantitative estimate of drug-likeness (QED) is 0.656. The molecule has 0 heterocycles. The topological polar surface area (TPSA) is 89.7 Å². The second kappa shape index (κ2) is 4.28. The average molecular weight is 251 g/mol. The fourth-order valence-corrected chi connectivity index (χ4v) is 1.09. The van der Waals surface area contributed by atoms with Gasteiger partial charge in [-0.15, -0.1) is 13.2 Å². The highest BCUT2D eigenvalue weighted by Crippen LogP contribution is 2.34. The summed E-state index contributed by atoms with van der Waals surface area (Å²) in [4.78, 5) is 19.9. The van der Waals surface area contributed by atoms with Crippen molar-refractivity contribution in [2.24, 2.45) is 0 Å². The largest absolute Gasteiger partial charge is 0.573 e. The van der Waals surface area contributed by atoms with Crippen LogP contribution in [0.4, 0.5) is 18.9 Å². The lowest BCUT2D eigenvalue weighted by molar-refractivity contribution is -0.389. The number of nitrogens with zero attached hydrogens (tertiary/aromatic N) is 1. The zero-order valence-corrected chi connectivity index (χ0v) is 7.89. The Hall–Kier alpha value is -2.32. The van der Waals surface area contributed by atoms with Gasteiger partial charge in [-0.05, 0) is 12.1 Å². The van der Waals surface area contributed by atoms with Gasteiger partial charge in [0.2, 0.25) is 5.75 Å². The highest BCUT2D eigenvalue weighted by molar-refractivity contribution is 5.93. The minimum atomic E-state index is -5.14. The van der Waals surface area contributed by atoms with E-state index in [1.165, 1.54) is 0 Å². The molecule has 0 radical (unpaired) electrons. The summed E-state index contributed by atoms with van der Waals surface area (Å²) >= 11 is 0. The summed E-state index contributed by atoms with van der Waals surface area (Å²) in [5.41, 5.74) is -2.12. The van der Waals surface area contributed by atoms with Crippen molar-refractivity contribution in [3.63, 3.8) is 0 Å². The third-order valence-electron chi connectivity index (χ3n) is 1.64. The molecule has 1 N–H and O–H groups in total. The first-order valence-corrected chi connectivity index (χ1v) is 3.99. The molecule has 0 fully saturated rings. The third-order valence-corrected chi connectivity index (χ3v) is 1.64. The normalized spacial score (nSPS) is 11.0. The van der Waals surface area contributed by atoms with Gasteiger partial charge in [0.1, 0.15) is 5.56 Å². The van der Waals surface area contributed by atoms with Gasteiger partial charge in [0.05, 0.1) is 4.92 Å².